The number of carbonyl (C=O) groups is 4. The van der Waals surface area contributed by atoms with Crippen LogP contribution in [0.5, 0.6) is 0 Å². The minimum Gasteiger partial charge on any atom is -0.481 e. The lowest BCUT2D eigenvalue weighted by molar-refractivity contribution is -0.192. The summed E-state index contributed by atoms with van der Waals surface area (Å²) in [5, 5.41) is 12.7. The number of carboxylic acid groups (broad SMARTS) is 1. The molecule has 3 aromatic carbocycles. The predicted molar refractivity (Wildman–Crippen MR) is 224 cm³/mol. The van der Waals surface area contributed by atoms with Gasteiger partial charge in [0.25, 0.3) is 0 Å². The third kappa shape index (κ3) is 16.1. The number of rotatable bonds is 27. The van der Waals surface area contributed by atoms with Gasteiger partial charge in [0.1, 0.15) is 19.8 Å². The molecule has 0 spiro atoms. The number of carbonyl (C=O) groups excluding carboxylic acids is 3. The van der Waals surface area contributed by atoms with Gasteiger partial charge >= 0.3 is 23.0 Å². The topological polar surface area (TPSA) is 192 Å². The minimum absolute atomic E-state index is 0.0347. The highest BCUT2D eigenvalue weighted by molar-refractivity contribution is 5.80. The molecule has 1 N–H and O–H groups in total. The maximum absolute atomic E-state index is 13.8. The SMILES string of the molecule is CC(=O)N(CCCCn1c(=O)n(CCCCN(OCc2ccccc2)C(C)=O)c(=O)n(CCCCN(OCc2ccccc2)C(=O)CCC(=O)O)c1=O)OCc1ccccc1. The van der Waals surface area contributed by atoms with Gasteiger partial charge in [-0.15, -0.1) is 0 Å². The molecule has 1 heterocycles. The molecule has 0 aliphatic heterocycles. The molecule has 61 heavy (non-hydrogen) atoms. The normalized spacial score (nSPS) is 11.0. The lowest BCUT2D eigenvalue weighted by Gasteiger charge is -2.22. The van der Waals surface area contributed by atoms with E-state index < -0.39 is 28.9 Å². The molecule has 17 nitrogen and oxygen atoms in total. The van der Waals surface area contributed by atoms with Crippen molar-refractivity contribution >= 4 is 23.7 Å². The van der Waals surface area contributed by atoms with Gasteiger partial charge in [-0.25, -0.2) is 43.3 Å². The van der Waals surface area contributed by atoms with Crippen molar-refractivity contribution in [2.24, 2.45) is 0 Å². The summed E-state index contributed by atoms with van der Waals surface area (Å²) in [4.78, 5) is 107. The van der Waals surface area contributed by atoms with Gasteiger partial charge in [-0.05, 0) is 55.2 Å². The van der Waals surface area contributed by atoms with E-state index in [2.05, 4.69) is 0 Å². The Hall–Kier alpha value is -6.17. The van der Waals surface area contributed by atoms with Crippen LogP contribution in [0, 0.1) is 0 Å². The average Bonchev–Trinajstić information content (AvgIpc) is 3.25. The van der Waals surface area contributed by atoms with Gasteiger partial charge in [-0.3, -0.25) is 33.7 Å². The summed E-state index contributed by atoms with van der Waals surface area (Å²) in [5.74, 6) is -2.24. The van der Waals surface area contributed by atoms with Crippen LogP contribution in [0.2, 0.25) is 0 Å². The Morgan fingerprint density at radius 1 is 0.475 bits per heavy atom. The van der Waals surface area contributed by atoms with Crippen molar-refractivity contribution in [2.45, 2.75) is 105 Å². The highest BCUT2D eigenvalue weighted by Crippen LogP contribution is 2.10. The number of amides is 3. The summed E-state index contributed by atoms with van der Waals surface area (Å²) in [5.41, 5.74) is 0.213. The molecule has 0 bridgehead atoms. The fourth-order valence-corrected chi connectivity index (χ4v) is 6.24. The number of hydrogen-bond donors (Lipinski definition) is 1. The van der Waals surface area contributed by atoms with E-state index in [9.17, 15) is 33.6 Å². The summed E-state index contributed by atoms with van der Waals surface area (Å²) < 4.78 is 3.03. The number of unbranched alkanes of at least 4 members (excludes halogenated alkanes) is 3. The van der Waals surface area contributed by atoms with Gasteiger partial charge in [0, 0.05) is 59.5 Å². The van der Waals surface area contributed by atoms with Gasteiger partial charge in [0.2, 0.25) is 17.7 Å². The summed E-state index contributed by atoms with van der Waals surface area (Å²) in [7, 11) is 0. The second-order valence-corrected chi connectivity index (χ2v) is 14.3. The second-order valence-electron chi connectivity index (χ2n) is 14.3. The van der Waals surface area contributed by atoms with E-state index in [0.717, 1.165) is 35.5 Å². The molecular formula is C44H56N6O11. The maximum atomic E-state index is 13.8. The average molecular weight is 845 g/mol. The van der Waals surface area contributed by atoms with Gasteiger partial charge in [0.15, 0.2) is 0 Å². The quantitative estimate of drug-likeness (QED) is 0.0665. The molecule has 3 amide bonds. The molecule has 0 aliphatic rings. The molecule has 0 saturated heterocycles. The molecule has 0 atom stereocenters. The number of carboxylic acids is 1. The minimum atomic E-state index is -1.12. The summed E-state index contributed by atoms with van der Waals surface area (Å²) in [6.45, 7) is 3.54. The monoisotopic (exact) mass is 844 g/mol. The van der Waals surface area contributed by atoms with E-state index in [1.165, 1.54) is 24.0 Å². The van der Waals surface area contributed by atoms with Crippen LogP contribution in [0.15, 0.2) is 105 Å². The van der Waals surface area contributed by atoms with E-state index in [0.29, 0.717) is 25.7 Å². The first-order valence-electron chi connectivity index (χ1n) is 20.5. The fourth-order valence-electron chi connectivity index (χ4n) is 6.24. The Balaban J connectivity index is 1.45. The Labute approximate surface area is 354 Å². The molecule has 0 fully saturated rings. The van der Waals surface area contributed by atoms with Gasteiger partial charge in [0.05, 0.1) is 6.42 Å². The first-order chi connectivity index (χ1) is 29.4. The van der Waals surface area contributed by atoms with Crippen LogP contribution in [-0.4, -0.2) is 77.3 Å². The van der Waals surface area contributed by atoms with Crippen LogP contribution in [0.4, 0.5) is 0 Å². The third-order valence-electron chi connectivity index (χ3n) is 9.59. The molecule has 4 aromatic rings. The van der Waals surface area contributed by atoms with E-state index in [-0.39, 0.29) is 96.6 Å². The van der Waals surface area contributed by atoms with Crippen LogP contribution >= 0.6 is 0 Å². The zero-order valence-electron chi connectivity index (χ0n) is 34.9. The summed E-state index contributed by atoms with van der Waals surface area (Å²) >= 11 is 0. The summed E-state index contributed by atoms with van der Waals surface area (Å²) in [6, 6.07) is 27.9. The largest absolute Gasteiger partial charge is 0.481 e. The van der Waals surface area contributed by atoms with Crippen LogP contribution in [0.1, 0.15) is 81.9 Å². The highest BCUT2D eigenvalue weighted by atomic mass is 16.7. The van der Waals surface area contributed by atoms with Crippen LogP contribution in [-0.2, 0) is 73.1 Å². The Kier molecular flexibility index (Phi) is 19.8. The number of aliphatic carboxylic acids is 1. The van der Waals surface area contributed by atoms with E-state index in [1.54, 1.807) is 0 Å². The van der Waals surface area contributed by atoms with Crippen molar-refractivity contribution in [3.8, 4) is 0 Å². The van der Waals surface area contributed by atoms with Crippen molar-refractivity contribution in [1.82, 2.24) is 28.9 Å². The third-order valence-corrected chi connectivity index (χ3v) is 9.59. The number of nitrogens with zero attached hydrogens (tertiary/aromatic N) is 6. The lowest BCUT2D eigenvalue weighted by atomic mass is 10.2. The summed E-state index contributed by atoms with van der Waals surface area (Å²) in [6.07, 6.45) is 1.27. The number of hydroxylamine groups is 6. The molecule has 328 valence electrons. The fraction of sp³-hybridized carbons (Fsp3) is 0.432. The van der Waals surface area contributed by atoms with Crippen molar-refractivity contribution < 1.29 is 38.8 Å². The van der Waals surface area contributed by atoms with Crippen LogP contribution in [0.3, 0.4) is 0 Å². The second kappa shape index (κ2) is 25.5. The Morgan fingerprint density at radius 3 is 1.10 bits per heavy atom. The Bertz CT molecular complexity index is 2070. The number of aromatic nitrogens is 3. The molecule has 0 unspecified atom stereocenters. The van der Waals surface area contributed by atoms with Crippen molar-refractivity contribution in [3.05, 3.63) is 139 Å². The molecule has 17 heteroatoms. The van der Waals surface area contributed by atoms with Crippen molar-refractivity contribution in [3.63, 3.8) is 0 Å². The van der Waals surface area contributed by atoms with Crippen LogP contribution in [0.25, 0.3) is 0 Å². The number of hydrogen-bond acceptors (Lipinski definition) is 10. The van der Waals surface area contributed by atoms with E-state index >= 15 is 0 Å². The number of benzene rings is 3. The van der Waals surface area contributed by atoms with E-state index in [4.69, 9.17) is 19.6 Å². The lowest BCUT2D eigenvalue weighted by Crippen LogP contribution is -2.54. The van der Waals surface area contributed by atoms with E-state index in [1.807, 2.05) is 91.0 Å². The highest BCUT2D eigenvalue weighted by Gasteiger charge is 2.19. The zero-order valence-corrected chi connectivity index (χ0v) is 34.9. The van der Waals surface area contributed by atoms with Gasteiger partial charge < -0.3 is 5.11 Å². The molecule has 1 aromatic heterocycles. The van der Waals surface area contributed by atoms with Crippen LogP contribution < -0.4 is 17.1 Å². The van der Waals surface area contributed by atoms with Crippen molar-refractivity contribution in [2.75, 3.05) is 19.6 Å². The first-order valence-corrected chi connectivity index (χ1v) is 20.5. The van der Waals surface area contributed by atoms with Gasteiger partial charge in [-0.1, -0.05) is 91.0 Å². The molecule has 4 rings (SSSR count). The smallest absolute Gasteiger partial charge is 0.336 e. The van der Waals surface area contributed by atoms with Crippen molar-refractivity contribution in [1.29, 1.82) is 0 Å². The predicted octanol–water partition coefficient (Wildman–Crippen LogP) is 4.30. The van der Waals surface area contributed by atoms with Gasteiger partial charge in [-0.2, -0.15) is 0 Å². The molecule has 0 aliphatic carbocycles. The zero-order chi connectivity index (χ0) is 44.0. The Morgan fingerprint density at radius 2 is 0.787 bits per heavy atom. The molecule has 0 saturated carbocycles. The maximum Gasteiger partial charge on any atom is 0.336 e. The standard InChI is InChI=1S/C44H56N6O11/c1-35(51)48(59-32-37-18-6-3-7-19-37)29-15-12-26-45-42(56)46(27-13-16-30-49(36(2)52)60-33-38-20-8-4-9-21-38)44(58)47(43(45)57)28-14-17-31-50(40(53)24-25-41(54)55)61-34-39-22-10-5-11-23-39/h3-11,18-23H,12-17,24-34H2,1-2H3,(H,54,55). The first kappa shape index (κ1) is 47.5. The molecular weight excluding hydrogens is 789 g/mol. The molecule has 0 radical (unpaired) electrons.